The molecule has 0 N–H and O–H groups in total. The molecule has 0 bridgehead atoms. The fourth-order valence-corrected chi connectivity index (χ4v) is 9.60. The third kappa shape index (κ3) is 5.55. The van der Waals surface area contributed by atoms with Crippen molar-refractivity contribution < 1.29 is 23.3 Å². The molecule has 9 nitrogen and oxygen atoms in total. The van der Waals surface area contributed by atoms with Crippen LogP contribution in [0.15, 0.2) is 59.1 Å². The topological polar surface area (TPSA) is 91.3 Å². The third-order valence-corrected chi connectivity index (χ3v) is 12.6. The maximum atomic E-state index is 15.6. The number of carbonyl (C=O) groups is 3. The van der Waals surface area contributed by atoms with Crippen molar-refractivity contribution >= 4 is 34.5 Å². The monoisotopic (exact) mass is 711 g/mol. The second-order valence-corrected chi connectivity index (χ2v) is 16.3. The van der Waals surface area contributed by atoms with E-state index in [0.717, 1.165) is 90.4 Å². The Balaban J connectivity index is 0.921. The maximum absolute atomic E-state index is 15.6. The van der Waals surface area contributed by atoms with Gasteiger partial charge in [0.25, 0.3) is 11.4 Å². The summed E-state index contributed by atoms with van der Waals surface area (Å²) in [6, 6.07) is 17.6. The zero-order chi connectivity index (χ0) is 36.8. The summed E-state index contributed by atoms with van der Waals surface area (Å²) in [6.45, 7) is 16.3. The number of halogens is 1. The molecule has 270 valence electrons. The molecule has 9 rings (SSSR count). The van der Waals surface area contributed by atoms with Crippen LogP contribution in [-0.4, -0.2) is 53.2 Å². The quantitative estimate of drug-likeness (QED) is 0.135. The van der Waals surface area contributed by atoms with Crippen LogP contribution in [-0.2, 0) is 21.7 Å². The van der Waals surface area contributed by atoms with Crippen molar-refractivity contribution in [2.75, 3.05) is 29.4 Å². The lowest BCUT2D eigenvalue weighted by Crippen LogP contribution is -2.63. The summed E-state index contributed by atoms with van der Waals surface area (Å²) in [7, 11) is 0. The summed E-state index contributed by atoms with van der Waals surface area (Å²) in [6.07, 6.45) is 4.34. The highest BCUT2D eigenvalue weighted by atomic mass is 19.1. The Morgan fingerprint density at radius 1 is 1.02 bits per heavy atom. The van der Waals surface area contributed by atoms with E-state index in [4.69, 9.17) is 11.1 Å². The Labute approximate surface area is 308 Å². The minimum atomic E-state index is -0.619. The number of nitrogens with zero attached hydrogens (tertiary/aromatic N) is 5. The van der Waals surface area contributed by atoms with E-state index in [1.165, 1.54) is 11.0 Å². The van der Waals surface area contributed by atoms with Crippen molar-refractivity contribution in [1.82, 2.24) is 10.1 Å². The van der Waals surface area contributed by atoms with Crippen LogP contribution in [0.1, 0.15) is 83.4 Å². The van der Waals surface area contributed by atoms with Crippen molar-refractivity contribution in [3.63, 3.8) is 0 Å². The van der Waals surface area contributed by atoms with Gasteiger partial charge in [-0.25, -0.2) is 11.0 Å². The van der Waals surface area contributed by atoms with Gasteiger partial charge in [0, 0.05) is 78.9 Å². The zero-order valence-electron chi connectivity index (χ0n) is 30.4. The molecule has 3 heterocycles. The third-order valence-electron chi connectivity index (χ3n) is 12.6. The SMILES string of the molecule is [C-]#[N+]C1(c2ccc(N(CC3CC4(C3)CN(c3cc5c(cc3F)CN(C3CCC(=O)CC3=O)C5=O)C4)c3cc(-c4c(C)noc4C)ccc3C)cc2)CC1. The number of benzene rings is 3. The molecule has 2 aliphatic heterocycles. The molecule has 3 saturated carbocycles. The van der Waals surface area contributed by atoms with Crippen molar-refractivity contribution in [3.05, 3.63) is 106 Å². The number of rotatable bonds is 8. The lowest BCUT2D eigenvalue weighted by atomic mass is 9.57. The number of anilines is 3. The van der Waals surface area contributed by atoms with Gasteiger partial charge in [0.05, 0.1) is 23.8 Å². The largest absolute Gasteiger partial charge is 0.368 e. The number of hydrogen-bond acceptors (Lipinski definition) is 7. The average molecular weight is 712 g/mol. The minimum absolute atomic E-state index is 0.0861. The molecule has 10 heteroatoms. The van der Waals surface area contributed by atoms with Gasteiger partial charge in [0.1, 0.15) is 17.4 Å². The van der Waals surface area contributed by atoms with Crippen LogP contribution in [0, 0.1) is 44.5 Å². The molecule has 3 aromatic carbocycles. The van der Waals surface area contributed by atoms with Crippen LogP contribution in [0.25, 0.3) is 16.0 Å². The van der Waals surface area contributed by atoms with E-state index in [0.29, 0.717) is 29.2 Å². The molecule has 1 aromatic heterocycles. The van der Waals surface area contributed by atoms with E-state index in [1.807, 2.05) is 18.7 Å². The molecular weight excluding hydrogens is 670 g/mol. The van der Waals surface area contributed by atoms with Crippen LogP contribution in [0.5, 0.6) is 0 Å². The fraction of sp³-hybridized carbons (Fsp3) is 0.419. The molecular formula is C43H42FN5O4. The number of Topliss-reactive ketones (excluding diaryl/α,β-unsaturated/α-hetero) is 2. The Kier molecular flexibility index (Phi) is 7.67. The van der Waals surface area contributed by atoms with Gasteiger partial charge in [-0.15, -0.1) is 0 Å². The Hall–Kier alpha value is -5.30. The van der Waals surface area contributed by atoms with Crippen molar-refractivity contribution in [1.29, 1.82) is 0 Å². The maximum Gasteiger partial charge on any atom is 0.258 e. The normalized spacial score (nSPS) is 21.3. The van der Waals surface area contributed by atoms with Crippen LogP contribution < -0.4 is 9.80 Å². The number of carbonyl (C=O) groups excluding carboxylic acids is 3. The van der Waals surface area contributed by atoms with Gasteiger partial charge >= 0.3 is 0 Å². The first-order valence-electron chi connectivity index (χ1n) is 18.7. The number of ketones is 2. The van der Waals surface area contributed by atoms with Crippen molar-refractivity contribution in [2.24, 2.45) is 11.3 Å². The summed E-state index contributed by atoms with van der Waals surface area (Å²) in [5, 5.41) is 4.20. The molecule has 1 saturated heterocycles. The van der Waals surface area contributed by atoms with Gasteiger partial charge in [-0.2, -0.15) is 0 Å². The lowest BCUT2D eigenvalue weighted by Gasteiger charge is -2.60. The van der Waals surface area contributed by atoms with Crippen LogP contribution in [0.4, 0.5) is 21.5 Å². The zero-order valence-corrected chi connectivity index (χ0v) is 30.4. The molecule has 3 aliphatic carbocycles. The van der Waals surface area contributed by atoms with E-state index in [2.05, 4.69) is 64.3 Å². The average Bonchev–Trinajstić information content (AvgIpc) is 3.76. The summed E-state index contributed by atoms with van der Waals surface area (Å²) < 4.78 is 21.1. The van der Waals surface area contributed by atoms with Gasteiger partial charge in [0.15, 0.2) is 5.78 Å². The molecule has 5 aliphatic rings. The number of amides is 1. The van der Waals surface area contributed by atoms with Crippen LogP contribution >= 0.6 is 0 Å². The molecule has 4 fully saturated rings. The predicted octanol–water partition coefficient (Wildman–Crippen LogP) is 8.02. The molecule has 1 atom stereocenters. The number of aromatic nitrogens is 1. The Morgan fingerprint density at radius 2 is 1.77 bits per heavy atom. The van der Waals surface area contributed by atoms with Gasteiger partial charge in [-0.1, -0.05) is 17.3 Å². The molecule has 0 radical (unpaired) electrons. The highest BCUT2D eigenvalue weighted by molar-refractivity contribution is 6.07. The summed E-state index contributed by atoms with van der Waals surface area (Å²) in [5.74, 6) is 0.308. The minimum Gasteiger partial charge on any atom is -0.368 e. The van der Waals surface area contributed by atoms with Gasteiger partial charge in [-0.05, 0) is 105 Å². The molecule has 1 spiro atoms. The van der Waals surface area contributed by atoms with E-state index in [-0.39, 0.29) is 53.6 Å². The highest BCUT2D eigenvalue weighted by Crippen LogP contribution is 2.55. The van der Waals surface area contributed by atoms with Crippen molar-refractivity contribution in [2.45, 2.75) is 83.8 Å². The number of aryl methyl sites for hydroxylation is 3. The molecule has 53 heavy (non-hydrogen) atoms. The van der Waals surface area contributed by atoms with Crippen LogP contribution in [0.3, 0.4) is 0 Å². The molecule has 1 unspecified atom stereocenters. The Morgan fingerprint density at radius 3 is 2.43 bits per heavy atom. The Bertz CT molecular complexity index is 2220. The fourth-order valence-electron chi connectivity index (χ4n) is 9.60. The summed E-state index contributed by atoms with van der Waals surface area (Å²) in [5.41, 5.74) is 8.63. The van der Waals surface area contributed by atoms with Gasteiger partial charge < -0.3 is 24.1 Å². The molecule has 4 aromatic rings. The van der Waals surface area contributed by atoms with E-state index in [9.17, 15) is 14.4 Å². The molecule has 1 amide bonds. The standard InChI is InChI=1S/C43H42FN5O4/c1-25-5-6-29(40-26(2)46-53-27(40)3)16-37(25)48(32-9-7-31(8-10-32)43(45-4)13-14-43)21-28-19-42(20-28)23-47(24-42)38-18-34-30(15-35(38)44)22-49(41(34)52)36-12-11-33(50)17-39(36)51/h5-10,15-16,18,28,36H,11-14,17,19-24H2,1-3H3. The number of fused-ring (bicyclic) bond motifs is 1. The first-order chi connectivity index (χ1) is 25.5. The summed E-state index contributed by atoms with van der Waals surface area (Å²) >= 11 is 0. The highest BCUT2D eigenvalue weighted by Gasteiger charge is 2.54. The van der Waals surface area contributed by atoms with E-state index in [1.54, 1.807) is 6.07 Å². The number of hydrogen-bond donors (Lipinski definition) is 0. The smallest absolute Gasteiger partial charge is 0.258 e. The lowest BCUT2D eigenvalue weighted by molar-refractivity contribution is -0.133. The first-order valence-corrected chi connectivity index (χ1v) is 18.7. The van der Waals surface area contributed by atoms with E-state index < -0.39 is 6.04 Å². The van der Waals surface area contributed by atoms with Gasteiger partial charge in [0.2, 0.25) is 0 Å². The second kappa shape index (κ2) is 12.1. The summed E-state index contributed by atoms with van der Waals surface area (Å²) in [4.78, 5) is 47.7. The predicted molar refractivity (Wildman–Crippen MR) is 198 cm³/mol. The van der Waals surface area contributed by atoms with Crippen molar-refractivity contribution in [3.8, 4) is 11.1 Å². The van der Waals surface area contributed by atoms with Gasteiger partial charge in [-0.3, -0.25) is 14.4 Å². The van der Waals surface area contributed by atoms with Crippen LogP contribution in [0.2, 0.25) is 0 Å². The second-order valence-electron chi connectivity index (χ2n) is 16.3. The first kappa shape index (κ1) is 33.5. The van der Waals surface area contributed by atoms with E-state index >= 15 is 4.39 Å².